The number of amides is 1. The smallest absolute Gasteiger partial charge is 0.254 e. The Morgan fingerprint density at radius 2 is 2.10 bits per heavy atom. The highest BCUT2D eigenvalue weighted by molar-refractivity contribution is 7.89. The topological polar surface area (TPSA) is 91.4 Å². The van der Waals surface area contributed by atoms with Gasteiger partial charge in [-0.3, -0.25) is 4.79 Å². The standard InChI is InChI=1S/C12H19FN4O3S/c1-4-14-11-10(13)9(5-6-15-11)12(18)16-7-8-21(19,20)17(2)3/h5-6H,4,7-8H2,1-3H3,(H,14,15)(H,16,18). The average Bonchev–Trinajstić information content (AvgIpc) is 2.40. The molecular formula is C12H19FN4O3S. The summed E-state index contributed by atoms with van der Waals surface area (Å²) in [6, 6.07) is 1.24. The summed E-state index contributed by atoms with van der Waals surface area (Å²) in [5.74, 6) is -1.69. The normalized spacial score (nSPS) is 11.5. The van der Waals surface area contributed by atoms with Gasteiger partial charge in [0, 0.05) is 33.4 Å². The first-order valence-electron chi connectivity index (χ1n) is 6.36. The summed E-state index contributed by atoms with van der Waals surface area (Å²) in [5, 5.41) is 5.08. The van der Waals surface area contributed by atoms with Gasteiger partial charge in [0.2, 0.25) is 10.0 Å². The van der Waals surface area contributed by atoms with Crippen LogP contribution in [-0.4, -0.2) is 56.6 Å². The zero-order valence-corrected chi connectivity index (χ0v) is 13.0. The van der Waals surface area contributed by atoms with Gasteiger partial charge >= 0.3 is 0 Å². The number of anilines is 1. The molecule has 118 valence electrons. The van der Waals surface area contributed by atoms with Gasteiger partial charge in [0.15, 0.2) is 11.6 Å². The minimum Gasteiger partial charge on any atom is -0.368 e. The van der Waals surface area contributed by atoms with Crippen LogP contribution >= 0.6 is 0 Å². The number of hydrogen-bond donors (Lipinski definition) is 2. The third-order valence-electron chi connectivity index (χ3n) is 2.68. The van der Waals surface area contributed by atoms with E-state index < -0.39 is 21.7 Å². The van der Waals surface area contributed by atoms with Crippen LogP contribution in [0.3, 0.4) is 0 Å². The van der Waals surface area contributed by atoms with Crippen LogP contribution < -0.4 is 10.6 Å². The average molecular weight is 318 g/mol. The van der Waals surface area contributed by atoms with Gasteiger partial charge in [0.25, 0.3) is 5.91 Å². The summed E-state index contributed by atoms with van der Waals surface area (Å²) in [7, 11) is -0.593. The third-order valence-corrected chi connectivity index (χ3v) is 4.51. The summed E-state index contributed by atoms with van der Waals surface area (Å²) >= 11 is 0. The van der Waals surface area contributed by atoms with Crippen LogP contribution in [0.15, 0.2) is 12.3 Å². The van der Waals surface area contributed by atoms with Crippen molar-refractivity contribution in [2.24, 2.45) is 0 Å². The quantitative estimate of drug-likeness (QED) is 0.753. The molecule has 0 saturated heterocycles. The summed E-state index contributed by atoms with van der Waals surface area (Å²) in [4.78, 5) is 15.6. The van der Waals surface area contributed by atoms with E-state index >= 15 is 0 Å². The van der Waals surface area contributed by atoms with Crippen molar-refractivity contribution in [1.29, 1.82) is 0 Å². The van der Waals surface area contributed by atoms with Crippen molar-refractivity contribution in [3.63, 3.8) is 0 Å². The molecule has 1 rings (SSSR count). The maximum atomic E-state index is 14.0. The van der Waals surface area contributed by atoms with Gasteiger partial charge < -0.3 is 10.6 Å². The second-order valence-corrected chi connectivity index (χ2v) is 6.71. The number of nitrogens with one attached hydrogen (secondary N) is 2. The Balaban J connectivity index is 2.71. The van der Waals surface area contributed by atoms with Crippen molar-refractivity contribution in [2.75, 3.05) is 38.3 Å². The molecule has 0 radical (unpaired) electrons. The molecule has 0 spiro atoms. The number of aromatic nitrogens is 1. The van der Waals surface area contributed by atoms with Gasteiger partial charge in [-0.1, -0.05) is 0 Å². The lowest BCUT2D eigenvalue weighted by atomic mass is 10.2. The van der Waals surface area contributed by atoms with Gasteiger partial charge in [0.05, 0.1) is 11.3 Å². The van der Waals surface area contributed by atoms with E-state index in [4.69, 9.17) is 0 Å². The van der Waals surface area contributed by atoms with E-state index in [1.54, 1.807) is 6.92 Å². The highest BCUT2D eigenvalue weighted by Gasteiger charge is 2.17. The molecule has 0 unspecified atom stereocenters. The van der Waals surface area contributed by atoms with Crippen LogP contribution in [0.1, 0.15) is 17.3 Å². The van der Waals surface area contributed by atoms with Crippen molar-refractivity contribution >= 4 is 21.7 Å². The molecule has 7 nitrogen and oxygen atoms in total. The Kier molecular flexibility index (Phi) is 6.03. The molecule has 21 heavy (non-hydrogen) atoms. The van der Waals surface area contributed by atoms with E-state index in [1.807, 2.05) is 0 Å². The van der Waals surface area contributed by atoms with Crippen molar-refractivity contribution in [1.82, 2.24) is 14.6 Å². The number of nitrogens with zero attached hydrogens (tertiary/aromatic N) is 2. The van der Waals surface area contributed by atoms with Gasteiger partial charge in [-0.2, -0.15) is 0 Å². The Morgan fingerprint density at radius 1 is 1.43 bits per heavy atom. The van der Waals surface area contributed by atoms with E-state index in [9.17, 15) is 17.6 Å². The van der Waals surface area contributed by atoms with Gasteiger partial charge in [-0.25, -0.2) is 22.1 Å². The molecule has 0 aromatic carbocycles. The van der Waals surface area contributed by atoms with Crippen LogP contribution in [0.5, 0.6) is 0 Å². The molecule has 9 heteroatoms. The largest absolute Gasteiger partial charge is 0.368 e. The number of hydrogen-bond acceptors (Lipinski definition) is 5. The van der Waals surface area contributed by atoms with Crippen molar-refractivity contribution in [3.8, 4) is 0 Å². The summed E-state index contributed by atoms with van der Waals surface area (Å²) in [6.45, 7) is 2.15. The molecule has 1 heterocycles. The fourth-order valence-corrected chi connectivity index (χ4v) is 2.21. The summed E-state index contributed by atoms with van der Waals surface area (Å²) in [5.41, 5.74) is -0.178. The molecule has 0 atom stereocenters. The molecular weight excluding hydrogens is 299 g/mol. The first kappa shape index (κ1) is 17.3. The SMILES string of the molecule is CCNc1nccc(C(=O)NCCS(=O)(=O)N(C)C)c1F. The fraction of sp³-hybridized carbons (Fsp3) is 0.500. The number of pyridine rings is 1. The number of carbonyl (C=O) groups excluding carboxylic acids is 1. The molecule has 1 amide bonds. The maximum Gasteiger partial charge on any atom is 0.254 e. The number of sulfonamides is 1. The minimum absolute atomic E-state index is 0.00827. The lowest BCUT2D eigenvalue weighted by molar-refractivity contribution is 0.0952. The summed E-state index contributed by atoms with van der Waals surface area (Å²) in [6.07, 6.45) is 1.31. The molecule has 0 aliphatic carbocycles. The Hall–Kier alpha value is -1.74. The van der Waals surface area contributed by atoms with Crippen LogP contribution in [0.25, 0.3) is 0 Å². The number of halogens is 1. The van der Waals surface area contributed by atoms with Crippen LogP contribution in [-0.2, 0) is 10.0 Å². The lowest BCUT2D eigenvalue weighted by Crippen LogP contribution is -2.34. The molecule has 0 bridgehead atoms. The lowest BCUT2D eigenvalue weighted by Gasteiger charge is -2.12. The van der Waals surface area contributed by atoms with E-state index in [-0.39, 0.29) is 23.7 Å². The third kappa shape index (κ3) is 4.64. The predicted octanol–water partition coefficient (Wildman–Crippen LogP) is 0.274. The van der Waals surface area contributed by atoms with Crippen LogP contribution in [0.2, 0.25) is 0 Å². The Bertz CT molecular complexity index is 605. The van der Waals surface area contributed by atoms with Crippen molar-refractivity contribution in [2.45, 2.75) is 6.92 Å². The highest BCUT2D eigenvalue weighted by Crippen LogP contribution is 2.14. The second kappa shape index (κ2) is 7.32. The van der Waals surface area contributed by atoms with E-state index in [1.165, 1.54) is 26.4 Å². The monoisotopic (exact) mass is 318 g/mol. The fourth-order valence-electron chi connectivity index (χ4n) is 1.48. The van der Waals surface area contributed by atoms with E-state index in [0.29, 0.717) is 6.54 Å². The molecule has 0 fully saturated rings. The zero-order chi connectivity index (χ0) is 16.0. The van der Waals surface area contributed by atoms with Gasteiger partial charge in [0.1, 0.15) is 0 Å². The first-order chi connectivity index (χ1) is 9.79. The van der Waals surface area contributed by atoms with Crippen molar-refractivity contribution in [3.05, 3.63) is 23.6 Å². The Morgan fingerprint density at radius 3 is 2.67 bits per heavy atom. The minimum atomic E-state index is -3.40. The Labute approximate surface area is 123 Å². The molecule has 0 aliphatic heterocycles. The second-order valence-electron chi connectivity index (χ2n) is 4.41. The number of rotatable bonds is 7. The predicted molar refractivity (Wildman–Crippen MR) is 78.2 cm³/mol. The van der Waals surface area contributed by atoms with Crippen LogP contribution in [0, 0.1) is 5.82 Å². The van der Waals surface area contributed by atoms with Crippen LogP contribution in [0.4, 0.5) is 10.2 Å². The molecule has 2 N–H and O–H groups in total. The van der Waals surface area contributed by atoms with Gasteiger partial charge in [-0.05, 0) is 13.0 Å². The summed E-state index contributed by atoms with van der Waals surface area (Å²) < 4.78 is 38.1. The van der Waals surface area contributed by atoms with Gasteiger partial charge in [-0.15, -0.1) is 0 Å². The maximum absolute atomic E-state index is 14.0. The molecule has 0 saturated carbocycles. The van der Waals surface area contributed by atoms with E-state index in [2.05, 4.69) is 15.6 Å². The molecule has 1 aromatic heterocycles. The number of carbonyl (C=O) groups is 1. The first-order valence-corrected chi connectivity index (χ1v) is 7.97. The molecule has 0 aliphatic rings. The molecule has 1 aromatic rings. The van der Waals surface area contributed by atoms with E-state index in [0.717, 1.165) is 4.31 Å². The highest BCUT2D eigenvalue weighted by atomic mass is 32.2. The zero-order valence-electron chi connectivity index (χ0n) is 12.2. The van der Waals surface area contributed by atoms with Crippen molar-refractivity contribution < 1.29 is 17.6 Å².